The molecule has 0 fully saturated rings. The summed E-state index contributed by atoms with van der Waals surface area (Å²) in [5, 5.41) is 0. The average Bonchev–Trinajstić information content (AvgIpc) is 1.99. The highest BCUT2D eigenvalue weighted by molar-refractivity contribution is 6.50. The second-order valence-corrected chi connectivity index (χ2v) is 3.72. The van der Waals surface area contributed by atoms with Crippen LogP contribution in [0.3, 0.4) is 0 Å². The van der Waals surface area contributed by atoms with E-state index in [0.29, 0.717) is 13.2 Å². The first kappa shape index (κ1) is 9.84. The molecule has 0 bridgehead atoms. The van der Waals surface area contributed by atoms with Crippen LogP contribution in [0.25, 0.3) is 0 Å². The van der Waals surface area contributed by atoms with E-state index in [1.807, 2.05) is 0 Å². The van der Waals surface area contributed by atoms with Gasteiger partial charge in [0.15, 0.2) is 0 Å². The van der Waals surface area contributed by atoms with Crippen LogP contribution in [-0.2, 0) is 13.6 Å². The maximum Gasteiger partial charge on any atom is 0.347 e. The Hall–Kier alpha value is -0.163. The van der Waals surface area contributed by atoms with E-state index in [1.54, 1.807) is 19.9 Å². The maximum atomic E-state index is 5.25. The highest BCUT2D eigenvalue weighted by Crippen LogP contribution is 1.87. The Bertz CT molecular complexity index is 87.1. The van der Waals surface area contributed by atoms with Gasteiger partial charge in [0.1, 0.15) is 0 Å². The van der Waals surface area contributed by atoms with Crippen LogP contribution in [0, 0.1) is 0 Å². The summed E-state index contributed by atoms with van der Waals surface area (Å²) in [4.78, 5) is 0. The summed E-state index contributed by atoms with van der Waals surface area (Å²) in [6.07, 6.45) is 0. The van der Waals surface area contributed by atoms with E-state index in [-0.39, 0.29) is 0 Å². The topological polar surface area (TPSA) is 27.7 Å². The first-order chi connectivity index (χ1) is 4.85. The molecule has 0 saturated carbocycles. The second-order valence-electron chi connectivity index (χ2n) is 1.70. The van der Waals surface area contributed by atoms with Crippen LogP contribution in [0.4, 0.5) is 0 Å². The molecule has 60 valence electrons. The second kappa shape index (κ2) is 6.95. The average molecular weight is 162 g/mol. The minimum absolute atomic E-state index is 0.591. The molecule has 3 nitrogen and oxygen atoms in total. The fraction of sp³-hybridized carbons (Fsp3) is 0.667. The van der Waals surface area contributed by atoms with Crippen molar-refractivity contribution >= 4 is 9.28 Å². The zero-order chi connectivity index (χ0) is 7.82. The molecule has 0 spiro atoms. The van der Waals surface area contributed by atoms with Gasteiger partial charge in [-0.3, -0.25) is 0 Å². The number of methoxy groups -OCH3 is 1. The largest absolute Gasteiger partial charge is 0.397 e. The van der Waals surface area contributed by atoms with Crippen LogP contribution >= 0.6 is 0 Å². The normalized spacial score (nSPS) is 13.0. The van der Waals surface area contributed by atoms with E-state index < -0.39 is 9.28 Å². The van der Waals surface area contributed by atoms with Crippen LogP contribution in [-0.4, -0.2) is 36.7 Å². The molecule has 0 aliphatic heterocycles. The van der Waals surface area contributed by atoms with Gasteiger partial charge in [0, 0.05) is 14.2 Å². The van der Waals surface area contributed by atoms with Crippen molar-refractivity contribution in [2.24, 2.45) is 0 Å². The number of ether oxygens (including phenoxy) is 1. The van der Waals surface area contributed by atoms with Crippen LogP contribution in [0.15, 0.2) is 12.3 Å². The standard InChI is InChI=1S/C6H14O3Si/c1-4-10(8-3)9-6-5-7-2/h4,10H,1,5-6H2,2-3H3. The first-order valence-electron chi connectivity index (χ1n) is 3.11. The number of hydrogen-bond donors (Lipinski definition) is 0. The van der Waals surface area contributed by atoms with Gasteiger partial charge in [-0.05, 0) is 0 Å². The number of hydrogen-bond acceptors (Lipinski definition) is 3. The molecular formula is C6H14O3Si. The van der Waals surface area contributed by atoms with Crippen molar-refractivity contribution < 1.29 is 13.6 Å². The Morgan fingerprint density at radius 1 is 1.40 bits per heavy atom. The zero-order valence-electron chi connectivity index (χ0n) is 6.50. The van der Waals surface area contributed by atoms with E-state index in [4.69, 9.17) is 13.6 Å². The van der Waals surface area contributed by atoms with Gasteiger partial charge in [-0.15, -0.1) is 6.58 Å². The molecule has 4 heteroatoms. The predicted octanol–water partition coefficient (Wildman–Crippen LogP) is 0.241. The monoisotopic (exact) mass is 162 g/mol. The van der Waals surface area contributed by atoms with Crippen LogP contribution in [0.2, 0.25) is 0 Å². The molecule has 0 amide bonds. The van der Waals surface area contributed by atoms with E-state index in [1.165, 1.54) is 0 Å². The molecular weight excluding hydrogens is 148 g/mol. The van der Waals surface area contributed by atoms with Crippen molar-refractivity contribution in [1.29, 1.82) is 0 Å². The van der Waals surface area contributed by atoms with Crippen molar-refractivity contribution in [3.05, 3.63) is 12.3 Å². The molecule has 0 aromatic carbocycles. The minimum Gasteiger partial charge on any atom is -0.397 e. The van der Waals surface area contributed by atoms with Gasteiger partial charge >= 0.3 is 9.28 Å². The van der Waals surface area contributed by atoms with Crippen molar-refractivity contribution in [2.45, 2.75) is 0 Å². The zero-order valence-corrected chi connectivity index (χ0v) is 7.66. The summed E-state index contributed by atoms with van der Waals surface area (Å²) in [5.41, 5.74) is 1.73. The molecule has 0 rings (SSSR count). The number of rotatable bonds is 6. The Labute approximate surface area is 63.4 Å². The third kappa shape index (κ3) is 4.69. The molecule has 0 heterocycles. The van der Waals surface area contributed by atoms with Crippen molar-refractivity contribution in [3.8, 4) is 0 Å². The fourth-order valence-electron chi connectivity index (χ4n) is 0.480. The molecule has 0 radical (unpaired) electrons. The molecule has 0 aromatic rings. The van der Waals surface area contributed by atoms with Gasteiger partial charge in [0.05, 0.1) is 13.2 Å². The summed E-state index contributed by atoms with van der Waals surface area (Å²) < 4.78 is 15.0. The lowest BCUT2D eigenvalue weighted by Crippen LogP contribution is -2.20. The Morgan fingerprint density at radius 3 is 2.50 bits per heavy atom. The van der Waals surface area contributed by atoms with Gasteiger partial charge in [-0.1, -0.05) is 5.70 Å². The molecule has 1 atom stereocenters. The lowest BCUT2D eigenvalue weighted by atomic mass is 10.8. The fourth-order valence-corrected chi connectivity index (χ4v) is 1.27. The molecule has 0 aliphatic rings. The smallest absolute Gasteiger partial charge is 0.347 e. The van der Waals surface area contributed by atoms with Crippen molar-refractivity contribution in [2.75, 3.05) is 27.4 Å². The van der Waals surface area contributed by atoms with Crippen LogP contribution in [0.5, 0.6) is 0 Å². The first-order valence-corrected chi connectivity index (χ1v) is 4.72. The summed E-state index contributed by atoms with van der Waals surface area (Å²) in [6, 6.07) is 0. The molecule has 0 saturated heterocycles. The van der Waals surface area contributed by atoms with E-state index in [2.05, 4.69) is 6.58 Å². The molecule has 0 aliphatic carbocycles. The third-order valence-corrected chi connectivity index (χ3v) is 2.41. The Balaban J connectivity index is 3.17. The summed E-state index contributed by atoms with van der Waals surface area (Å²) in [7, 11) is 1.73. The van der Waals surface area contributed by atoms with Gasteiger partial charge in [-0.2, -0.15) is 0 Å². The molecule has 10 heavy (non-hydrogen) atoms. The van der Waals surface area contributed by atoms with Crippen LogP contribution in [0.1, 0.15) is 0 Å². The van der Waals surface area contributed by atoms with Crippen LogP contribution < -0.4 is 0 Å². The Morgan fingerprint density at radius 2 is 2.10 bits per heavy atom. The van der Waals surface area contributed by atoms with E-state index in [9.17, 15) is 0 Å². The quantitative estimate of drug-likeness (QED) is 0.414. The van der Waals surface area contributed by atoms with Gasteiger partial charge in [0.2, 0.25) is 0 Å². The van der Waals surface area contributed by atoms with E-state index in [0.717, 1.165) is 0 Å². The van der Waals surface area contributed by atoms with Gasteiger partial charge in [-0.25, -0.2) is 0 Å². The lowest BCUT2D eigenvalue weighted by molar-refractivity contribution is 0.131. The minimum atomic E-state index is -1.54. The van der Waals surface area contributed by atoms with Crippen molar-refractivity contribution in [1.82, 2.24) is 0 Å². The third-order valence-electron chi connectivity index (χ3n) is 0.994. The highest BCUT2D eigenvalue weighted by Gasteiger charge is 2.03. The summed E-state index contributed by atoms with van der Waals surface area (Å²) >= 11 is 0. The van der Waals surface area contributed by atoms with Gasteiger partial charge in [0.25, 0.3) is 0 Å². The van der Waals surface area contributed by atoms with E-state index >= 15 is 0 Å². The molecule has 0 aromatic heterocycles. The molecule has 1 unspecified atom stereocenters. The van der Waals surface area contributed by atoms with Gasteiger partial charge < -0.3 is 13.6 Å². The van der Waals surface area contributed by atoms with Crippen molar-refractivity contribution in [3.63, 3.8) is 0 Å². The molecule has 0 N–H and O–H groups in total. The Kier molecular flexibility index (Phi) is 6.84. The lowest BCUT2D eigenvalue weighted by Gasteiger charge is -2.08. The highest BCUT2D eigenvalue weighted by atomic mass is 28.3. The predicted molar refractivity (Wildman–Crippen MR) is 42.2 cm³/mol. The SMILES string of the molecule is C=C[SiH](OC)OCCOC. The summed E-state index contributed by atoms with van der Waals surface area (Å²) in [6.45, 7) is 4.78. The summed E-state index contributed by atoms with van der Waals surface area (Å²) in [5.74, 6) is 0. The maximum absolute atomic E-state index is 5.25.